The first-order valence-electron chi connectivity index (χ1n) is 8.38. The largest absolute Gasteiger partial charge is 0.453 e. The number of hydrogen-bond donors (Lipinski definition) is 0. The van der Waals surface area contributed by atoms with Crippen LogP contribution in [0.2, 0.25) is 0 Å². The molecule has 2 amide bonds. The molecular formula is C16H26N2O4. The van der Waals surface area contributed by atoms with Crippen LogP contribution in [-0.2, 0) is 9.47 Å². The van der Waals surface area contributed by atoms with Crippen molar-refractivity contribution in [3.05, 3.63) is 0 Å². The third-order valence-corrected chi connectivity index (χ3v) is 5.72. The minimum absolute atomic E-state index is 0.0552. The highest BCUT2D eigenvalue weighted by Gasteiger charge is 2.48. The summed E-state index contributed by atoms with van der Waals surface area (Å²) in [6.45, 7) is 0.740. The van der Waals surface area contributed by atoms with Crippen molar-refractivity contribution in [1.82, 2.24) is 9.80 Å². The highest BCUT2D eigenvalue weighted by molar-refractivity contribution is 5.70. The van der Waals surface area contributed by atoms with E-state index in [0.29, 0.717) is 5.92 Å². The Morgan fingerprint density at radius 1 is 0.818 bits per heavy atom. The second-order valence-electron chi connectivity index (χ2n) is 6.65. The standard InChI is InChI=1S/C16H26N2O4/c1-21-15(19)17-10-9-11-7-8-13(17)14-6-4-3-5-12(11)18(14)16(20)22-2/h11-14H,3-10H2,1-2H3/t11-,12-,13+,14-/m0/s1. The topological polar surface area (TPSA) is 59.1 Å². The van der Waals surface area contributed by atoms with E-state index < -0.39 is 0 Å². The maximum Gasteiger partial charge on any atom is 0.410 e. The lowest BCUT2D eigenvalue weighted by molar-refractivity contribution is 0.0226. The van der Waals surface area contributed by atoms with E-state index in [1.165, 1.54) is 14.2 Å². The number of carbonyl (C=O) groups is 2. The predicted octanol–water partition coefficient (Wildman–Crippen LogP) is 2.62. The van der Waals surface area contributed by atoms with Crippen LogP contribution in [0.1, 0.15) is 44.9 Å². The summed E-state index contributed by atoms with van der Waals surface area (Å²) in [7, 11) is 2.88. The molecule has 0 unspecified atom stereocenters. The van der Waals surface area contributed by atoms with E-state index in [0.717, 1.165) is 51.5 Å². The molecule has 4 bridgehead atoms. The van der Waals surface area contributed by atoms with Crippen molar-refractivity contribution in [2.75, 3.05) is 20.8 Å². The molecule has 6 heteroatoms. The first kappa shape index (κ1) is 15.4. The normalized spacial score (nSPS) is 34.5. The highest BCUT2D eigenvalue weighted by atomic mass is 16.5. The fourth-order valence-corrected chi connectivity index (χ4v) is 4.73. The van der Waals surface area contributed by atoms with E-state index in [1.54, 1.807) is 0 Å². The van der Waals surface area contributed by atoms with Crippen LogP contribution in [0.25, 0.3) is 0 Å². The summed E-state index contributed by atoms with van der Waals surface area (Å²) in [4.78, 5) is 28.4. The predicted molar refractivity (Wildman–Crippen MR) is 80.5 cm³/mol. The maximum absolute atomic E-state index is 12.4. The summed E-state index contributed by atoms with van der Waals surface area (Å²) in [6, 6.07) is 0.383. The molecule has 0 aromatic rings. The number of hydrogen-bond acceptors (Lipinski definition) is 4. The third-order valence-electron chi connectivity index (χ3n) is 5.72. The number of carbonyl (C=O) groups excluding carboxylic acids is 2. The van der Waals surface area contributed by atoms with Gasteiger partial charge in [-0.15, -0.1) is 0 Å². The van der Waals surface area contributed by atoms with E-state index in [9.17, 15) is 9.59 Å². The van der Waals surface area contributed by atoms with Crippen molar-refractivity contribution in [1.29, 1.82) is 0 Å². The van der Waals surface area contributed by atoms with Gasteiger partial charge in [-0.3, -0.25) is 4.90 Å². The molecule has 3 fully saturated rings. The number of rotatable bonds is 0. The molecule has 0 N–H and O–H groups in total. The van der Waals surface area contributed by atoms with Crippen LogP contribution in [-0.4, -0.2) is 60.9 Å². The zero-order valence-corrected chi connectivity index (χ0v) is 13.5. The van der Waals surface area contributed by atoms with Crippen molar-refractivity contribution >= 4 is 12.2 Å². The molecule has 0 aromatic heterocycles. The molecule has 124 valence electrons. The first-order chi connectivity index (χ1) is 10.7. The zero-order valence-electron chi connectivity index (χ0n) is 13.5. The minimum Gasteiger partial charge on any atom is -0.453 e. The van der Waals surface area contributed by atoms with Gasteiger partial charge in [0.15, 0.2) is 0 Å². The second kappa shape index (κ2) is 6.34. The summed E-state index contributed by atoms with van der Waals surface area (Å²) >= 11 is 0. The number of fused-ring (bicyclic) bond motifs is 7. The summed E-state index contributed by atoms with van der Waals surface area (Å²) < 4.78 is 10.1. The highest BCUT2D eigenvalue weighted by Crippen LogP contribution is 2.41. The molecule has 3 aliphatic heterocycles. The molecule has 3 aliphatic rings. The molecule has 6 nitrogen and oxygen atoms in total. The Morgan fingerprint density at radius 2 is 1.50 bits per heavy atom. The Labute approximate surface area is 131 Å². The van der Waals surface area contributed by atoms with Gasteiger partial charge in [-0.05, 0) is 38.0 Å². The van der Waals surface area contributed by atoms with Crippen LogP contribution in [0.5, 0.6) is 0 Å². The van der Waals surface area contributed by atoms with Crippen LogP contribution in [0.4, 0.5) is 9.59 Å². The van der Waals surface area contributed by atoms with Crippen LogP contribution in [0, 0.1) is 5.92 Å². The molecular weight excluding hydrogens is 284 g/mol. The first-order valence-corrected chi connectivity index (χ1v) is 8.38. The van der Waals surface area contributed by atoms with Crippen LogP contribution in [0.15, 0.2) is 0 Å². The third kappa shape index (κ3) is 2.52. The van der Waals surface area contributed by atoms with Crippen molar-refractivity contribution < 1.29 is 19.1 Å². The molecule has 4 atom stereocenters. The monoisotopic (exact) mass is 310 g/mol. The fourth-order valence-electron chi connectivity index (χ4n) is 4.73. The van der Waals surface area contributed by atoms with Gasteiger partial charge in [0.1, 0.15) is 0 Å². The molecule has 0 aromatic carbocycles. The van der Waals surface area contributed by atoms with Crippen molar-refractivity contribution in [2.24, 2.45) is 5.92 Å². The minimum atomic E-state index is -0.266. The lowest BCUT2D eigenvalue weighted by Crippen LogP contribution is -2.58. The number of methoxy groups -OCH3 is 2. The average Bonchev–Trinajstić information content (AvgIpc) is 2.95. The SMILES string of the molecule is COC(=O)N1CC[C@@H]2CC[C@@H]1[C@@H]1CCCC[C@@H]2N1C(=O)OC. The van der Waals surface area contributed by atoms with Crippen LogP contribution < -0.4 is 0 Å². The van der Waals surface area contributed by atoms with Crippen LogP contribution in [0.3, 0.4) is 0 Å². The van der Waals surface area contributed by atoms with E-state index in [1.807, 2.05) is 9.80 Å². The van der Waals surface area contributed by atoms with Gasteiger partial charge in [0, 0.05) is 12.6 Å². The van der Waals surface area contributed by atoms with Crippen LogP contribution >= 0.6 is 0 Å². The van der Waals surface area contributed by atoms with Crippen molar-refractivity contribution in [2.45, 2.75) is 63.1 Å². The van der Waals surface area contributed by atoms with Gasteiger partial charge in [0.05, 0.1) is 26.3 Å². The Morgan fingerprint density at radius 3 is 2.18 bits per heavy atom. The van der Waals surface area contributed by atoms with E-state index in [4.69, 9.17) is 9.47 Å². The van der Waals surface area contributed by atoms with Gasteiger partial charge in [-0.2, -0.15) is 0 Å². The number of amides is 2. The summed E-state index contributed by atoms with van der Waals surface area (Å²) in [6.07, 6.45) is 6.72. The molecule has 3 rings (SSSR count). The van der Waals surface area contributed by atoms with Crippen molar-refractivity contribution in [3.8, 4) is 0 Å². The molecule has 0 aliphatic carbocycles. The summed E-state index contributed by atoms with van der Waals surface area (Å²) in [5, 5.41) is 0. The Kier molecular flexibility index (Phi) is 4.45. The fraction of sp³-hybridized carbons (Fsp3) is 0.875. The smallest absolute Gasteiger partial charge is 0.410 e. The van der Waals surface area contributed by atoms with Gasteiger partial charge >= 0.3 is 12.2 Å². The molecule has 0 saturated carbocycles. The number of ether oxygens (including phenoxy) is 2. The summed E-state index contributed by atoms with van der Waals surface area (Å²) in [5.74, 6) is 0.458. The van der Waals surface area contributed by atoms with Gasteiger partial charge in [-0.25, -0.2) is 9.59 Å². The lowest BCUT2D eigenvalue weighted by Gasteiger charge is -2.44. The quantitative estimate of drug-likeness (QED) is 0.690. The summed E-state index contributed by atoms with van der Waals surface area (Å²) in [5.41, 5.74) is 0. The van der Waals surface area contributed by atoms with Gasteiger partial charge in [-0.1, -0.05) is 12.8 Å². The molecule has 22 heavy (non-hydrogen) atoms. The molecule has 0 spiro atoms. The lowest BCUT2D eigenvalue weighted by atomic mass is 9.89. The van der Waals surface area contributed by atoms with Gasteiger partial charge in [0.2, 0.25) is 0 Å². The maximum atomic E-state index is 12.4. The number of nitrogens with zero attached hydrogens (tertiary/aromatic N) is 2. The van der Waals surface area contributed by atoms with Crippen molar-refractivity contribution in [3.63, 3.8) is 0 Å². The average molecular weight is 310 g/mol. The second-order valence-corrected chi connectivity index (χ2v) is 6.65. The molecule has 3 saturated heterocycles. The van der Waals surface area contributed by atoms with E-state index in [2.05, 4.69) is 0 Å². The number of likely N-dealkylation sites (tertiary alicyclic amines) is 1. The Balaban J connectivity index is 1.98. The van der Waals surface area contributed by atoms with Gasteiger partial charge in [0.25, 0.3) is 0 Å². The molecule has 3 heterocycles. The Hall–Kier alpha value is -1.46. The van der Waals surface area contributed by atoms with Gasteiger partial charge < -0.3 is 14.4 Å². The molecule has 0 radical (unpaired) electrons. The Bertz CT molecular complexity index is 442. The van der Waals surface area contributed by atoms with E-state index in [-0.39, 0.29) is 30.3 Å². The van der Waals surface area contributed by atoms with E-state index >= 15 is 0 Å². The zero-order chi connectivity index (χ0) is 15.7.